The van der Waals surface area contributed by atoms with Gasteiger partial charge in [0.15, 0.2) is 6.30 Å². The van der Waals surface area contributed by atoms with Crippen LogP contribution in [0, 0.1) is 0 Å². The second kappa shape index (κ2) is 11.7. The normalized spacial score (nSPS) is 27.0. The lowest BCUT2D eigenvalue weighted by molar-refractivity contribution is -0.428. The molecule has 12 heteroatoms. The van der Waals surface area contributed by atoms with Gasteiger partial charge >= 0.3 is 11.6 Å². The van der Waals surface area contributed by atoms with Gasteiger partial charge in [-0.25, -0.2) is 13.8 Å². The molecule has 0 aliphatic carbocycles. The highest BCUT2D eigenvalue weighted by molar-refractivity contribution is 5.23. The SMILES string of the molecule is CCCCCCCC(F)N(O)[C@@]1(O)[C@H](O)[C@@H](CO)O[C@]1(O)n1cc(Cc2ccccc2)c(=O)[nH]c1=O. The fourth-order valence-corrected chi connectivity index (χ4v) is 4.40. The fourth-order valence-electron chi connectivity index (χ4n) is 4.40. The van der Waals surface area contributed by atoms with Crippen LogP contribution in [-0.4, -0.2) is 71.1 Å². The molecule has 1 fully saturated rings. The molecule has 1 aromatic heterocycles. The van der Waals surface area contributed by atoms with Crippen molar-refractivity contribution in [2.75, 3.05) is 6.61 Å². The topological polar surface area (TPSA) is 168 Å². The molecule has 3 rings (SSSR count). The van der Waals surface area contributed by atoms with Gasteiger partial charge in [-0.1, -0.05) is 62.9 Å². The third-order valence-corrected chi connectivity index (χ3v) is 6.48. The number of benzene rings is 1. The van der Waals surface area contributed by atoms with Crippen LogP contribution in [0.4, 0.5) is 4.39 Å². The Kier molecular flexibility index (Phi) is 9.17. The quantitative estimate of drug-likeness (QED) is 0.103. The van der Waals surface area contributed by atoms with Crippen LogP contribution in [0.5, 0.6) is 0 Å². The van der Waals surface area contributed by atoms with Crippen LogP contribution < -0.4 is 11.2 Å². The third kappa shape index (κ3) is 5.30. The number of aromatic amines is 1. The molecule has 1 aliphatic rings. The molecule has 0 amide bonds. The second-order valence-corrected chi connectivity index (χ2v) is 9.05. The summed E-state index contributed by atoms with van der Waals surface area (Å²) in [5.74, 6) is -3.28. The lowest BCUT2D eigenvalue weighted by atomic mass is 9.99. The highest BCUT2D eigenvalue weighted by atomic mass is 19.1. The van der Waals surface area contributed by atoms with E-state index < -0.39 is 48.0 Å². The summed E-state index contributed by atoms with van der Waals surface area (Å²) in [6.07, 6.45) is -1.78. The summed E-state index contributed by atoms with van der Waals surface area (Å²) in [7, 11) is 0. The number of nitrogens with one attached hydrogen (secondary N) is 1. The van der Waals surface area contributed by atoms with Gasteiger partial charge in [0, 0.05) is 18.2 Å². The molecule has 0 saturated carbocycles. The number of halogens is 1. The zero-order valence-electron chi connectivity index (χ0n) is 20.1. The molecule has 2 aromatic rings. The molecule has 36 heavy (non-hydrogen) atoms. The van der Waals surface area contributed by atoms with Gasteiger partial charge in [-0.3, -0.25) is 9.78 Å². The maximum atomic E-state index is 15.0. The van der Waals surface area contributed by atoms with E-state index in [0.717, 1.165) is 25.5 Å². The molecule has 11 nitrogen and oxygen atoms in total. The van der Waals surface area contributed by atoms with Gasteiger partial charge in [0.1, 0.15) is 12.2 Å². The Hall–Kier alpha value is -2.45. The van der Waals surface area contributed by atoms with E-state index >= 15 is 4.39 Å². The Balaban J connectivity index is 1.99. The monoisotopic (exact) mass is 511 g/mol. The van der Waals surface area contributed by atoms with Gasteiger partial charge in [-0.15, -0.1) is 5.06 Å². The van der Waals surface area contributed by atoms with E-state index in [-0.39, 0.29) is 23.5 Å². The van der Waals surface area contributed by atoms with E-state index in [1.807, 2.05) is 11.9 Å². The molecule has 5 atom stereocenters. The Labute approximate surface area is 207 Å². The first-order valence-corrected chi connectivity index (χ1v) is 12.0. The lowest BCUT2D eigenvalue weighted by Crippen LogP contribution is -2.69. The van der Waals surface area contributed by atoms with Gasteiger partial charge in [0.2, 0.25) is 5.72 Å². The van der Waals surface area contributed by atoms with Crippen LogP contribution in [0.3, 0.4) is 0 Å². The summed E-state index contributed by atoms with van der Waals surface area (Å²) < 4.78 is 20.6. The van der Waals surface area contributed by atoms with Gasteiger partial charge in [-0.2, -0.15) is 0 Å². The first kappa shape index (κ1) is 28.1. The fraction of sp³-hybridized carbons (Fsp3) is 0.583. The molecule has 6 N–H and O–H groups in total. The maximum absolute atomic E-state index is 15.0. The molecule has 200 valence electrons. The number of rotatable bonds is 12. The van der Waals surface area contributed by atoms with Gasteiger partial charge in [-0.05, 0) is 18.4 Å². The number of hydroxylamine groups is 2. The van der Waals surface area contributed by atoms with Crippen molar-refractivity contribution in [1.82, 2.24) is 14.6 Å². The third-order valence-electron chi connectivity index (χ3n) is 6.48. The highest BCUT2D eigenvalue weighted by Crippen LogP contribution is 2.44. The molecule has 1 unspecified atom stereocenters. The van der Waals surface area contributed by atoms with Crippen molar-refractivity contribution in [3.05, 3.63) is 68.5 Å². The number of aliphatic hydroxyl groups excluding tert-OH is 2. The predicted molar refractivity (Wildman–Crippen MR) is 126 cm³/mol. The number of unbranched alkanes of at least 4 members (excludes halogenated alkanes) is 4. The van der Waals surface area contributed by atoms with Crippen molar-refractivity contribution in [3.8, 4) is 0 Å². The Morgan fingerprint density at radius 2 is 1.83 bits per heavy atom. The number of H-pyrrole nitrogens is 1. The second-order valence-electron chi connectivity index (χ2n) is 9.05. The van der Waals surface area contributed by atoms with E-state index in [4.69, 9.17) is 4.74 Å². The average Bonchev–Trinajstić information content (AvgIpc) is 3.07. The molecular formula is C24H34FN3O8. The standard InChI is InChI=1S/C24H34FN3O8/c1-2-3-4-5-9-12-19(25)28(35)23(33)20(30)18(15-29)36-24(23,34)27-14-17(21(31)26-22(27)32)13-16-10-7-6-8-11-16/h6-8,10-11,14,18-20,29-30,33-35H,2-5,9,12-13,15H2,1H3,(H,26,31,32)/t18-,19?,20-,23-,24+/m1/s1. The minimum atomic E-state index is -3.32. The summed E-state index contributed by atoms with van der Waals surface area (Å²) in [6.45, 7) is 1.08. The van der Waals surface area contributed by atoms with Crippen LogP contribution in [0.1, 0.15) is 56.6 Å². The largest absolute Gasteiger partial charge is 0.394 e. The zero-order chi connectivity index (χ0) is 26.5. The van der Waals surface area contributed by atoms with E-state index in [1.54, 1.807) is 30.3 Å². The number of hydrogen-bond donors (Lipinski definition) is 6. The number of hydrogen-bond acceptors (Lipinski definition) is 9. The van der Waals surface area contributed by atoms with E-state index in [0.29, 0.717) is 23.0 Å². The summed E-state index contributed by atoms with van der Waals surface area (Å²) in [5.41, 5.74) is -4.70. The molecule has 0 radical (unpaired) electrons. The van der Waals surface area contributed by atoms with Crippen molar-refractivity contribution in [2.45, 2.75) is 82.0 Å². The van der Waals surface area contributed by atoms with Crippen LogP contribution in [0.15, 0.2) is 46.1 Å². The number of ether oxygens (including phenoxy) is 1. The first-order valence-electron chi connectivity index (χ1n) is 12.0. The first-order chi connectivity index (χ1) is 17.1. The number of aliphatic hydroxyl groups is 4. The van der Waals surface area contributed by atoms with Crippen LogP contribution >= 0.6 is 0 Å². The average molecular weight is 512 g/mol. The Bertz CT molecular complexity index is 1110. The molecule has 2 heterocycles. The van der Waals surface area contributed by atoms with Crippen LogP contribution in [0.25, 0.3) is 0 Å². The van der Waals surface area contributed by atoms with Crippen LogP contribution in [0.2, 0.25) is 0 Å². The van der Waals surface area contributed by atoms with Gasteiger partial charge < -0.3 is 30.4 Å². The highest BCUT2D eigenvalue weighted by Gasteiger charge is 2.71. The predicted octanol–water partition coefficient (Wildman–Crippen LogP) is 0.518. The Morgan fingerprint density at radius 3 is 2.47 bits per heavy atom. The molecule has 1 aromatic carbocycles. The molecular weight excluding hydrogens is 477 g/mol. The molecule has 0 spiro atoms. The zero-order valence-corrected chi connectivity index (χ0v) is 20.1. The van der Waals surface area contributed by atoms with Crippen molar-refractivity contribution in [3.63, 3.8) is 0 Å². The van der Waals surface area contributed by atoms with E-state index in [9.17, 15) is 35.2 Å². The minimum Gasteiger partial charge on any atom is -0.394 e. The Morgan fingerprint density at radius 1 is 1.17 bits per heavy atom. The smallest absolute Gasteiger partial charge is 0.332 e. The number of alkyl halides is 1. The maximum Gasteiger partial charge on any atom is 0.332 e. The summed E-state index contributed by atoms with van der Waals surface area (Å²) in [6, 6.07) is 8.69. The van der Waals surface area contributed by atoms with Crippen molar-refractivity contribution in [1.29, 1.82) is 0 Å². The molecule has 1 saturated heterocycles. The number of nitrogens with zero attached hydrogens (tertiary/aromatic N) is 2. The molecule has 0 bridgehead atoms. The van der Waals surface area contributed by atoms with Crippen molar-refractivity contribution >= 4 is 0 Å². The van der Waals surface area contributed by atoms with E-state index in [1.165, 1.54) is 0 Å². The number of aromatic nitrogens is 2. The van der Waals surface area contributed by atoms with E-state index in [2.05, 4.69) is 0 Å². The molecule has 1 aliphatic heterocycles. The van der Waals surface area contributed by atoms with Crippen molar-refractivity contribution < 1.29 is 34.8 Å². The van der Waals surface area contributed by atoms with Gasteiger partial charge in [0.25, 0.3) is 5.56 Å². The summed E-state index contributed by atoms with van der Waals surface area (Å²) in [4.78, 5) is 27.1. The van der Waals surface area contributed by atoms with Crippen molar-refractivity contribution in [2.24, 2.45) is 0 Å². The van der Waals surface area contributed by atoms with Crippen LogP contribution in [-0.2, 0) is 17.1 Å². The lowest BCUT2D eigenvalue weighted by Gasteiger charge is -2.43. The summed E-state index contributed by atoms with van der Waals surface area (Å²) >= 11 is 0. The van der Waals surface area contributed by atoms with Gasteiger partial charge in [0.05, 0.1) is 6.61 Å². The minimum absolute atomic E-state index is 0.0171. The summed E-state index contributed by atoms with van der Waals surface area (Å²) in [5, 5.41) is 53.4.